The summed E-state index contributed by atoms with van der Waals surface area (Å²) in [7, 11) is 0. The normalized spacial score (nSPS) is 17.2. The van der Waals surface area contributed by atoms with Gasteiger partial charge >= 0.3 is 6.03 Å². The molecular weight excluding hydrogens is 477 g/mol. The maximum Gasteiger partial charge on any atom is 0.323 e. The van der Waals surface area contributed by atoms with Crippen molar-refractivity contribution in [3.63, 3.8) is 0 Å². The second kappa shape index (κ2) is 8.31. The zero-order chi connectivity index (χ0) is 22.5. The van der Waals surface area contributed by atoms with Crippen LogP contribution in [-0.4, -0.2) is 15.5 Å². The van der Waals surface area contributed by atoms with Crippen LogP contribution in [0.1, 0.15) is 45.5 Å². The molecule has 0 radical (unpaired) electrons. The molecule has 33 heavy (non-hydrogen) atoms. The molecule has 1 N–H and O–H groups in total. The highest BCUT2D eigenvalue weighted by Crippen LogP contribution is 2.44. The Labute approximate surface area is 204 Å². The second-order valence-corrected chi connectivity index (χ2v) is 10.9. The molecule has 3 aromatic heterocycles. The van der Waals surface area contributed by atoms with E-state index < -0.39 is 5.82 Å². The van der Waals surface area contributed by atoms with Crippen LogP contribution in [0.5, 0.6) is 0 Å². The van der Waals surface area contributed by atoms with Gasteiger partial charge in [-0.3, -0.25) is 0 Å². The molecule has 4 heterocycles. The fourth-order valence-electron chi connectivity index (χ4n) is 4.90. The van der Waals surface area contributed by atoms with Gasteiger partial charge in [0.25, 0.3) is 0 Å². The van der Waals surface area contributed by atoms with Gasteiger partial charge in [0.1, 0.15) is 16.9 Å². The summed E-state index contributed by atoms with van der Waals surface area (Å²) in [5.74, 6) is -0.506. The van der Waals surface area contributed by atoms with Crippen molar-refractivity contribution in [2.45, 2.75) is 38.3 Å². The largest absolute Gasteiger partial charge is 0.323 e. The van der Waals surface area contributed by atoms with Crippen LogP contribution in [0.25, 0.3) is 5.00 Å². The number of aromatic nitrogens is 1. The van der Waals surface area contributed by atoms with Crippen molar-refractivity contribution in [2.24, 2.45) is 0 Å². The quantitative estimate of drug-likeness (QED) is 0.307. The van der Waals surface area contributed by atoms with Gasteiger partial charge in [-0.05, 0) is 73.0 Å². The zero-order valence-corrected chi connectivity index (χ0v) is 20.1. The summed E-state index contributed by atoms with van der Waals surface area (Å²) in [6.45, 7) is 0.520. The monoisotopic (exact) mass is 497 g/mol. The lowest BCUT2D eigenvalue weighted by molar-refractivity contribution is 0.195. The summed E-state index contributed by atoms with van der Waals surface area (Å²) < 4.78 is 15.9. The molecule has 6 rings (SSSR count). The Morgan fingerprint density at radius 1 is 1.12 bits per heavy atom. The molecule has 0 fully saturated rings. The number of rotatable bonds is 2. The Bertz CT molecular complexity index is 1340. The first-order chi connectivity index (χ1) is 16.1. The van der Waals surface area contributed by atoms with Crippen molar-refractivity contribution in [3.8, 4) is 5.00 Å². The number of amides is 2. The Balaban J connectivity index is 1.47. The highest BCUT2D eigenvalue weighted by atomic mass is 35.5. The third-order valence-corrected chi connectivity index (χ3v) is 8.97. The van der Waals surface area contributed by atoms with Gasteiger partial charge < -0.3 is 14.8 Å². The molecule has 1 aliphatic heterocycles. The predicted octanol–water partition coefficient (Wildman–Crippen LogP) is 7.41. The van der Waals surface area contributed by atoms with E-state index in [1.165, 1.54) is 52.0 Å². The van der Waals surface area contributed by atoms with E-state index in [-0.39, 0.29) is 17.1 Å². The summed E-state index contributed by atoms with van der Waals surface area (Å²) in [6, 6.07) is 12.1. The third kappa shape index (κ3) is 3.59. The lowest BCUT2D eigenvalue weighted by Gasteiger charge is -2.30. The maximum atomic E-state index is 13.7. The van der Waals surface area contributed by atoms with Crippen molar-refractivity contribution in [3.05, 3.63) is 91.5 Å². The molecule has 1 unspecified atom stereocenters. The number of halogens is 2. The van der Waals surface area contributed by atoms with Gasteiger partial charge in [-0.2, -0.15) is 0 Å². The van der Waals surface area contributed by atoms with Crippen LogP contribution < -0.4 is 5.32 Å². The lowest BCUT2D eigenvalue weighted by Crippen LogP contribution is -2.37. The Hall–Kier alpha value is -2.61. The molecule has 168 valence electrons. The molecule has 8 heteroatoms. The highest BCUT2D eigenvalue weighted by Gasteiger charge is 2.36. The SMILES string of the molecule is O=C(Nc1ccc(F)c(Cl)c1)N1Cc2c(sc3c2CCCC3)-n2cccc2C1c1cccs1. The fraction of sp³-hybridized carbons (Fsp3) is 0.240. The Morgan fingerprint density at radius 3 is 2.82 bits per heavy atom. The summed E-state index contributed by atoms with van der Waals surface area (Å²) in [5, 5.41) is 6.22. The third-order valence-electron chi connectivity index (χ3n) is 6.42. The van der Waals surface area contributed by atoms with Gasteiger partial charge in [0.05, 0.1) is 17.3 Å². The standard InChI is InChI=1S/C25H21ClFN3OS2/c26-18-13-15(9-10-19(18)27)28-25(31)30-14-17-16-5-1-2-7-21(16)33-24(17)29-11-3-6-20(29)23(30)22-8-4-12-32-22/h3-4,6,8-13,23H,1-2,5,7,14H2,(H,28,31). The molecule has 1 aliphatic carbocycles. The van der Waals surface area contributed by atoms with Crippen LogP contribution >= 0.6 is 34.3 Å². The number of hydrogen-bond acceptors (Lipinski definition) is 3. The number of nitrogens with one attached hydrogen (secondary N) is 1. The molecular formula is C25H21ClFN3OS2. The number of carbonyl (C=O) groups is 1. The molecule has 0 saturated carbocycles. The number of benzene rings is 1. The molecule has 0 saturated heterocycles. The van der Waals surface area contributed by atoms with Crippen molar-refractivity contribution in [1.82, 2.24) is 9.47 Å². The summed E-state index contributed by atoms with van der Waals surface area (Å²) >= 11 is 9.48. The van der Waals surface area contributed by atoms with Crippen LogP contribution in [-0.2, 0) is 19.4 Å². The molecule has 1 atom stereocenters. The Morgan fingerprint density at radius 2 is 2.00 bits per heavy atom. The van der Waals surface area contributed by atoms with Crippen molar-refractivity contribution in [2.75, 3.05) is 5.32 Å². The van der Waals surface area contributed by atoms with Gasteiger partial charge in [-0.25, -0.2) is 9.18 Å². The fourth-order valence-corrected chi connectivity index (χ4v) is 7.33. The average Bonchev–Trinajstić information content (AvgIpc) is 3.56. The van der Waals surface area contributed by atoms with E-state index >= 15 is 0 Å². The van der Waals surface area contributed by atoms with Gasteiger partial charge in [0.2, 0.25) is 0 Å². The number of aryl methyl sites for hydroxylation is 1. The number of thiophene rings is 2. The lowest BCUT2D eigenvalue weighted by atomic mass is 9.95. The Kier molecular flexibility index (Phi) is 5.28. The van der Waals surface area contributed by atoms with Gasteiger partial charge in [0, 0.05) is 27.2 Å². The number of urea groups is 1. The molecule has 2 amide bonds. The zero-order valence-electron chi connectivity index (χ0n) is 17.7. The molecule has 4 nitrogen and oxygen atoms in total. The first-order valence-electron chi connectivity index (χ1n) is 11.0. The van der Waals surface area contributed by atoms with E-state index in [1.807, 2.05) is 27.7 Å². The first-order valence-corrected chi connectivity index (χ1v) is 13.0. The van der Waals surface area contributed by atoms with Gasteiger partial charge in [0.15, 0.2) is 0 Å². The van der Waals surface area contributed by atoms with E-state index in [4.69, 9.17) is 11.6 Å². The maximum absolute atomic E-state index is 13.7. The van der Waals surface area contributed by atoms with Gasteiger partial charge in [-0.15, -0.1) is 22.7 Å². The van der Waals surface area contributed by atoms with E-state index in [9.17, 15) is 9.18 Å². The highest BCUT2D eigenvalue weighted by molar-refractivity contribution is 7.15. The van der Waals surface area contributed by atoms with E-state index in [0.29, 0.717) is 12.2 Å². The number of nitrogens with zero attached hydrogens (tertiary/aromatic N) is 2. The number of anilines is 1. The van der Waals surface area contributed by atoms with Crippen molar-refractivity contribution in [1.29, 1.82) is 0 Å². The first kappa shape index (κ1) is 21.0. The summed E-state index contributed by atoms with van der Waals surface area (Å²) in [5.41, 5.74) is 4.21. The molecule has 1 aromatic carbocycles. The summed E-state index contributed by atoms with van der Waals surface area (Å²) in [6.07, 6.45) is 6.68. The molecule has 0 bridgehead atoms. The number of hydrogen-bond donors (Lipinski definition) is 1. The predicted molar refractivity (Wildman–Crippen MR) is 132 cm³/mol. The van der Waals surface area contributed by atoms with Crippen molar-refractivity contribution >= 4 is 46.0 Å². The van der Waals surface area contributed by atoms with E-state index in [0.717, 1.165) is 23.4 Å². The summed E-state index contributed by atoms with van der Waals surface area (Å²) in [4.78, 5) is 18.2. The number of carbonyl (C=O) groups excluding carboxylic acids is 1. The van der Waals surface area contributed by atoms with E-state index in [1.54, 1.807) is 11.3 Å². The molecule has 0 spiro atoms. The minimum atomic E-state index is -0.506. The van der Waals surface area contributed by atoms with Crippen LogP contribution in [0.4, 0.5) is 14.9 Å². The van der Waals surface area contributed by atoms with Crippen LogP contribution in [0.2, 0.25) is 5.02 Å². The smallest absolute Gasteiger partial charge is 0.310 e. The molecule has 4 aromatic rings. The van der Waals surface area contributed by atoms with Gasteiger partial charge in [-0.1, -0.05) is 17.7 Å². The van der Waals surface area contributed by atoms with Crippen LogP contribution in [0, 0.1) is 5.82 Å². The number of fused-ring (bicyclic) bond motifs is 5. The minimum Gasteiger partial charge on any atom is -0.310 e. The molecule has 2 aliphatic rings. The minimum absolute atomic E-state index is 0.0125. The van der Waals surface area contributed by atoms with Crippen LogP contribution in [0.3, 0.4) is 0 Å². The van der Waals surface area contributed by atoms with Crippen molar-refractivity contribution < 1.29 is 9.18 Å². The van der Waals surface area contributed by atoms with Crippen LogP contribution in [0.15, 0.2) is 54.0 Å². The average molecular weight is 498 g/mol. The second-order valence-electron chi connectivity index (χ2n) is 8.40. The van der Waals surface area contributed by atoms with E-state index in [2.05, 4.69) is 34.3 Å². The topological polar surface area (TPSA) is 37.3 Å².